The highest BCUT2D eigenvalue weighted by molar-refractivity contribution is 7.13. The lowest BCUT2D eigenvalue weighted by Gasteiger charge is -2.13. The van der Waals surface area contributed by atoms with Gasteiger partial charge in [0.25, 0.3) is 0 Å². The SMILES string of the molecule is O=C1CC(Cl)CN1c1nccc(-c2cccs2)n1. The van der Waals surface area contributed by atoms with E-state index < -0.39 is 0 Å². The van der Waals surface area contributed by atoms with Crippen molar-refractivity contribution in [3.05, 3.63) is 29.8 Å². The number of hydrogen-bond donors (Lipinski definition) is 0. The minimum atomic E-state index is -0.147. The summed E-state index contributed by atoms with van der Waals surface area (Å²) < 4.78 is 0. The molecule has 1 fully saturated rings. The van der Waals surface area contributed by atoms with Gasteiger partial charge in [0.15, 0.2) is 0 Å². The molecule has 0 N–H and O–H groups in total. The lowest BCUT2D eigenvalue weighted by molar-refractivity contribution is -0.117. The smallest absolute Gasteiger partial charge is 0.232 e. The van der Waals surface area contributed by atoms with Gasteiger partial charge in [-0.2, -0.15) is 0 Å². The van der Waals surface area contributed by atoms with E-state index >= 15 is 0 Å². The molecule has 0 spiro atoms. The number of amides is 1. The number of anilines is 1. The van der Waals surface area contributed by atoms with Gasteiger partial charge in [0.2, 0.25) is 11.9 Å². The number of alkyl halides is 1. The molecular formula is C12H10ClN3OS. The van der Waals surface area contributed by atoms with Crippen molar-refractivity contribution in [1.82, 2.24) is 9.97 Å². The van der Waals surface area contributed by atoms with Gasteiger partial charge in [-0.25, -0.2) is 9.97 Å². The molecule has 1 saturated heterocycles. The summed E-state index contributed by atoms with van der Waals surface area (Å²) in [5, 5.41) is 1.85. The van der Waals surface area contributed by atoms with E-state index in [1.54, 1.807) is 22.4 Å². The minimum Gasteiger partial charge on any atom is -0.279 e. The minimum absolute atomic E-state index is 0.0154. The Morgan fingerprint density at radius 3 is 3.00 bits per heavy atom. The van der Waals surface area contributed by atoms with Gasteiger partial charge < -0.3 is 0 Å². The number of aromatic nitrogens is 2. The molecule has 3 heterocycles. The molecule has 92 valence electrons. The van der Waals surface area contributed by atoms with E-state index in [0.717, 1.165) is 10.6 Å². The zero-order chi connectivity index (χ0) is 12.5. The molecule has 4 nitrogen and oxygen atoms in total. The third-order valence-electron chi connectivity index (χ3n) is 2.74. The van der Waals surface area contributed by atoms with E-state index in [9.17, 15) is 4.79 Å². The highest BCUT2D eigenvalue weighted by Gasteiger charge is 2.30. The molecular weight excluding hydrogens is 270 g/mol. The number of halogens is 1. The summed E-state index contributed by atoms with van der Waals surface area (Å²) >= 11 is 7.58. The monoisotopic (exact) mass is 279 g/mol. The van der Waals surface area contributed by atoms with Crippen LogP contribution in [0.2, 0.25) is 0 Å². The first-order chi connectivity index (χ1) is 8.74. The third kappa shape index (κ3) is 2.11. The summed E-state index contributed by atoms with van der Waals surface area (Å²) in [6.45, 7) is 0.480. The predicted octanol–water partition coefficient (Wildman–Crippen LogP) is 2.55. The van der Waals surface area contributed by atoms with Gasteiger partial charge in [0.05, 0.1) is 15.9 Å². The van der Waals surface area contributed by atoms with Crippen molar-refractivity contribution in [1.29, 1.82) is 0 Å². The summed E-state index contributed by atoms with van der Waals surface area (Å²) in [7, 11) is 0. The fraction of sp³-hybridized carbons (Fsp3) is 0.250. The predicted molar refractivity (Wildman–Crippen MR) is 72.0 cm³/mol. The molecule has 6 heteroatoms. The zero-order valence-electron chi connectivity index (χ0n) is 9.41. The first kappa shape index (κ1) is 11.6. The van der Waals surface area contributed by atoms with Crippen LogP contribution in [-0.2, 0) is 4.79 Å². The molecule has 1 aliphatic rings. The van der Waals surface area contributed by atoms with Crippen LogP contribution in [-0.4, -0.2) is 27.8 Å². The fourth-order valence-electron chi connectivity index (χ4n) is 1.90. The maximum atomic E-state index is 11.7. The van der Waals surface area contributed by atoms with Crippen LogP contribution in [0.1, 0.15) is 6.42 Å². The molecule has 1 unspecified atom stereocenters. The Hall–Kier alpha value is -1.46. The average molecular weight is 280 g/mol. The lowest BCUT2D eigenvalue weighted by atomic mass is 10.3. The van der Waals surface area contributed by atoms with Crippen molar-refractivity contribution in [2.75, 3.05) is 11.4 Å². The van der Waals surface area contributed by atoms with Gasteiger partial charge in [0, 0.05) is 19.2 Å². The summed E-state index contributed by atoms with van der Waals surface area (Å²) in [4.78, 5) is 22.9. The van der Waals surface area contributed by atoms with Crippen molar-refractivity contribution in [3.8, 4) is 10.6 Å². The van der Waals surface area contributed by atoms with Crippen LogP contribution >= 0.6 is 22.9 Å². The van der Waals surface area contributed by atoms with Gasteiger partial charge in [-0.15, -0.1) is 22.9 Å². The molecule has 18 heavy (non-hydrogen) atoms. The Bertz CT molecular complexity index is 572. The first-order valence-electron chi connectivity index (χ1n) is 5.55. The normalized spacial score (nSPS) is 19.5. The van der Waals surface area contributed by atoms with E-state index in [0.29, 0.717) is 18.9 Å². The van der Waals surface area contributed by atoms with Gasteiger partial charge in [0.1, 0.15) is 0 Å². The maximum absolute atomic E-state index is 11.7. The molecule has 0 aliphatic carbocycles. The van der Waals surface area contributed by atoms with E-state index in [1.807, 2.05) is 23.6 Å². The Labute approximate surface area is 113 Å². The zero-order valence-corrected chi connectivity index (χ0v) is 11.0. The van der Waals surface area contributed by atoms with E-state index in [4.69, 9.17) is 11.6 Å². The highest BCUT2D eigenvalue weighted by Crippen LogP contribution is 2.26. The molecule has 0 radical (unpaired) electrons. The Kier molecular flexibility index (Phi) is 3.01. The van der Waals surface area contributed by atoms with E-state index in [2.05, 4.69) is 9.97 Å². The highest BCUT2D eigenvalue weighted by atomic mass is 35.5. The van der Waals surface area contributed by atoms with Crippen LogP contribution in [0.25, 0.3) is 10.6 Å². The third-order valence-corrected chi connectivity index (χ3v) is 3.92. The number of thiophene rings is 1. The molecule has 0 aromatic carbocycles. The molecule has 0 saturated carbocycles. The van der Waals surface area contributed by atoms with Crippen LogP contribution in [0.15, 0.2) is 29.8 Å². The average Bonchev–Trinajstić information content (AvgIpc) is 2.99. The fourth-order valence-corrected chi connectivity index (χ4v) is 2.86. The number of hydrogen-bond acceptors (Lipinski definition) is 4. The number of carbonyl (C=O) groups is 1. The molecule has 2 aromatic heterocycles. The summed E-state index contributed by atoms with van der Waals surface area (Å²) in [6, 6.07) is 5.80. The van der Waals surface area contributed by atoms with Crippen molar-refractivity contribution in [3.63, 3.8) is 0 Å². The first-order valence-corrected chi connectivity index (χ1v) is 6.87. The Balaban J connectivity index is 1.94. The van der Waals surface area contributed by atoms with Crippen molar-refractivity contribution in [2.24, 2.45) is 0 Å². The lowest BCUT2D eigenvalue weighted by Crippen LogP contribution is -2.26. The van der Waals surface area contributed by atoms with Crippen LogP contribution in [0.3, 0.4) is 0 Å². The maximum Gasteiger partial charge on any atom is 0.232 e. The Morgan fingerprint density at radius 1 is 1.44 bits per heavy atom. The topological polar surface area (TPSA) is 46.1 Å². The van der Waals surface area contributed by atoms with Gasteiger partial charge in [-0.1, -0.05) is 6.07 Å². The van der Waals surface area contributed by atoms with E-state index in [-0.39, 0.29) is 11.3 Å². The second kappa shape index (κ2) is 4.66. The van der Waals surface area contributed by atoms with Crippen LogP contribution in [0.5, 0.6) is 0 Å². The summed E-state index contributed by atoms with van der Waals surface area (Å²) in [5.74, 6) is 0.423. The summed E-state index contributed by atoms with van der Waals surface area (Å²) in [5.41, 5.74) is 0.834. The van der Waals surface area contributed by atoms with Crippen LogP contribution in [0, 0.1) is 0 Å². The van der Waals surface area contributed by atoms with Crippen molar-refractivity contribution >= 4 is 34.8 Å². The van der Waals surface area contributed by atoms with Gasteiger partial charge in [-0.05, 0) is 17.5 Å². The van der Waals surface area contributed by atoms with Crippen LogP contribution < -0.4 is 4.90 Å². The molecule has 1 amide bonds. The van der Waals surface area contributed by atoms with Crippen molar-refractivity contribution in [2.45, 2.75) is 11.8 Å². The van der Waals surface area contributed by atoms with E-state index in [1.165, 1.54) is 0 Å². The standard InChI is InChI=1S/C12H10ClN3OS/c13-8-6-11(17)16(7-8)12-14-4-3-9(15-12)10-2-1-5-18-10/h1-5,8H,6-7H2. The largest absolute Gasteiger partial charge is 0.279 e. The number of nitrogens with zero attached hydrogens (tertiary/aromatic N) is 3. The van der Waals surface area contributed by atoms with Crippen LogP contribution in [0.4, 0.5) is 5.95 Å². The number of carbonyl (C=O) groups excluding carboxylic acids is 1. The Morgan fingerprint density at radius 2 is 2.33 bits per heavy atom. The number of rotatable bonds is 2. The second-order valence-corrected chi connectivity index (χ2v) is 5.59. The van der Waals surface area contributed by atoms with Gasteiger partial charge in [-0.3, -0.25) is 9.69 Å². The molecule has 0 bridgehead atoms. The molecule has 3 rings (SSSR count). The van der Waals surface area contributed by atoms with Crippen molar-refractivity contribution < 1.29 is 4.79 Å². The molecule has 2 aromatic rings. The second-order valence-electron chi connectivity index (χ2n) is 4.02. The quantitative estimate of drug-likeness (QED) is 0.794. The molecule has 1 aliphatic heterocycles. The summed E-state index contributed by atoms with van der Waals surface area (Å²) in [6.07, 6.45) is 2.03. The molecule has 1 atom stereocenters. The van der Waals surface area contributed by atoms with Gasteiger partial charge >= 0.3 is 0 Å².